The molecule has 18 heavy (non-hydrogen) atoms. The zero-order valence-corrected chi connectivity index (χ0v) is 11.6. The maximum atomic E-state index is 5.90. The monoisotopic (exact) mass is 248 g/mol. The molecule has 0 radical (unpaired) electrons. The molecule has 0 amide bonds. The van der Waals surface area contributed by atoms with Crippen LogP contribution in [0, 0.1) is 0 Å². The highest BCUT2D eigenvalue weighted by molar-refractivity contribution is 5.58. The molecule has 1 aliphatic rings. The van der Waals surface area contributed by atoms with E-state index in [9.17, 15) is 0 Å². The van der Waals surface area contributed by atoms with E-state index < -0.39 is 0 Å². The Balaban J connectivity index is 2.02. The molecule has 3 heteroatoms. The lowest BCUT2D eigenvalue weighted by Crippen LogP contribution is -2.44. The van der Waals surface area contributed by atoms with Gasteiger partial charge in [-0.3, -0.25) is 0 Å². The van der Waals surface area contributed by atoms with Gasteiger partial charge < -0.3 is 14.5 Å². The lowest BCUT2D eigenvalue weighted by atomic mass is 10.2. The second-order valence-electron chi connectivity index (χ2n) is 4.96. The van der Waals surface area contributed by atoms with Crippen LogP contribution in [0.2, 0.25) is 0 Å². The molecule has 1 aromatic rings. The molecule has 0 spiro atoms. The van der Waals surface area contributed by atoms with E-state index in [1.54, 1.807) is 0 Å². The standard InChI is InChI=1S/C15H24N2O/c1-3-4-13-18-15-8-6-5-7-14(15)17-11-9-16(2)10-12-17/h5-8H,3-4,9-13H2,1-2H3. The summed E-state index contributed by atoms with van der Waals surface area (Å²) in [7, 11) is 2.18. The summed E-state index contributed by atoms with van der Waals surface area (Å²) >= 11 is 0. The minimum Gasteiger partial charge on any atom is -0.491 e. The summed E-state index contributed by atoms with van der Waals surface area (Å²) in [5, 5.41) is 0. The SMILES string of the molecule is CCCCOc1ccccc1N1CCN(C)CC1. The van der Waals surface area contributed by atoms with Crippen molar-refractivity contribution < 1.29 is 4.74 Å². The first kappa shape index (κ1) is 13.2. The Kier molecular flexibility index (Phi) is 4.88. The summed E-state index contributed by atoms with van der Waals surface area (Å²) in [4.78, 5) is 4.80. The van der Waals surface area contributed by atoms with E-state index in [1.807, 2.05) is 0 Å². The lowest BCUT2D eigenvalue weighted by molar-refractivity contribution is 0.298. The first-order valence-corrected chi connectivity index (χ1v) is 6.96. The summed E-state index contributed by atoms with van der Waals surface area (Å²) in [5.74, 6) is 1.04. The number of para-hydroxylation sites is 2. The highest BCUT2D eigenvalue weighted by atomic mass is 16.5. The molecule has 1 fully saturated rings. The van der Waals surface area contributed by atoms with Crippen LogP contribution in [0.15, 0.2) is 24.3 Å². The van der Waals surface area contributed by atoms with Crippen molar-refractivity contribution in [1.82, 2.24) is 4.90 Å². The van der Waals surface area contributed by atoms with E-state index >= 15 is 0 Å². The van der Waals surface area contributed by atoms with Gasteiger partial charge in [0.1, 0.15) is 5.75 Å². The summed E-state index contributed by atoms with van der Waals surface area (Å²) in [6.07, 6.45) is 2.30. The van der Waals surface area contributed by atoms with E-state index in [4.69, 9.17) is 4.74 Å². The number of nitrogens with zero attached hydrogens (tertiary/aromatic N) is 2. The number of hydrogen-bond acceptors (Lipinski definition) is 3. The number of anilines is 1. The van der Waals surface area contributed by atoms with Gasteiger partial charge in [-0.1, -0.05) is 25.5 Å². The van der Waals surface area contributed by atoms with Gasteiger partial charge in [-0.25, -0.2) is 0 Å². The third kappa shape index (κ3) is 3.39. The van der Waals surface area contributed by atoms with Crippen LogP contribution in [0.3, 0.4) is 0 Å². The molecule has 0 aliphatic carbocycles. The Hall–Kier alpha value is -1.22. The van der Waals surface area contributed by atoms with E-state index in [1.165, 1.54) is 12.1 Å². The molecule has 0 N–H and O–H groups in total. The summed E-state index contributed by atoms with van der Waals surface area (Å²) in [6.45, 7) is 7.44. The maximum absolute atomic E-state index is 5.90. The van der Waals surface area contributed by atoms with Gasteiger partial charge in [-0.05, 0) is 25.6 Å². The van der Waals surface area contributed by atoms with E-state index in [0.29, 0.717) is 0 Å². The van der Waals surface area contributed by atoms with Crippen molar-refractivity contribution in [2.24, 2.45) is 0 Å². The molecule has 3 nitrogen and oxygen atoms in total. The third-order valence-electron chi connectivity index (χ3n) is 3.46. The van der Waals surface area contributed by atoms with E-state index in [0.717, 1.165) is 45.0 Å². The number of rotatable bonds is 5. The molecule has 0 aromatic heterocycles. The number of unbranched alkanes of at least 4 members (excludes halogenated alkanes) is 1. The van der Waals surface area contributed by atoms with Crippen LogP contribution in [-0.2, 0) is 0 Å². The predicted molar refractivity (Wildman–Crippen MR) is 76.6 cm³/mol. The summed E-state index contributed by atoms with van der Waals surface area (Å²) < 4.78 is 5.90. The van der Waals surface area contributed by atoms with E-state index in [-0.39, 0.29) is 0 Å². The Morgan fingerprint density at radius 1 is 1.11 bits per heavy atom. The van der Waals surface area contributed by atoms with Gasteiger partial charge in [0.25, 0.3) is 0 Å². The topological polar surface area (TPSA) is 15.7 Å². The van der Waals surface area contributed by atoms with Crippen LogP contribution in [0.25, 0.3) is 0 Å². The Bertz CT molecular complexity index is 359. The average molecular weight is 248 g/mol. The predicted octanol–water partition coefficient (Wildman–Crippen LogP) is 2.62. The van der Waals surface area contributed by atoms with Crippen LogP contribution in [0.1, 0.15) is 19.8 Å². The molecule has 1 heterocycles. The highest BCUT2D eigenvalue weighted by Gasteiger charge is 2.17. The molecule has 1 aliphatic heterocycles. The van der Waals surface area contributed by atoms with Crippen LogP contribution in [0.4, 0.5) is 5.69 Å². The van der Waals surface area contributed by atoms with Gasteiger partial charge in [0.2, 0.25) is 0 Å². The van der Waals surface area contributed by atoms with Gasteiger partial charge in [-0.2, -0.15) is 0 Å². The van der Waals surface area contributed by atoms with Gasteiger partial charge >= 0.3 is 0 Å². The van der Waals surface area contributed by atoms with Crippen molar-refractivity contribution >= 4 is 5.69 Å². The molecule has 0 atom stereocenters. The number of benzene rings is 1. The second kappa shape index (κ2) is 6.64. The molecular formula is C15H24N2O. The van der Waals surface area contributed by atoms with Crippen molar-refractivity contribution in [1.29, 1.82) is 0 Å². The lowest BCUT2D eigenvalue weighted by Gasteiger charge is -2.34. The molecule has 1 saturated heterocycles. The fourth-order valence-corrected chi connectivity index (χ4v) is 2.21. The van der Waals surface area contributed by atoms with Crippen molar-refractivity contribution in [2.75, 3.05) is 44.7 Å². The first-order valence-electron chi connectivity index (χ1n) is 6.96. The van der Waals surface area contributed by atoms with Gasteiger partial charge in [0, 0.05) is 26.2 Å². The zero-order chi connectivity index (χ0) is 12.8. The fourth-order valence-electron chi connectivity index (χ4n) is 2.21. The van der Waals surface area contributed by atoms with Gasteiger partial charge in [-0.15, -0.1) is 0 Å². The Morgan fingerprint density at radius 3 is 2.56 bits per heavy atom. The quantitative estimate of drug-likeness (QED) is 0.745. The third-order valence-corrected chi connectivity index (χ3v) is 3.46. The first-order chi connectivity index (χ1) is 8.81. The number of ether oxygens (including phenoxy) is 1. The molecular weight excluding hydrogens is 224 g/mol. The van der Waals surface area contributed by atoms with E-state index in [2.05, 4.69) is 48.0 Å². The minimum absolute atomic E-state index is 0.821. The summed E-state index contributed by atoms with van der Waals surface area (Å²) in [6, 6.07) is 8.41. The number of hydrogen-bond donors (Lipinski definition) is 0. The fraction of sp³-hybridized carbons (Fsp3) is 0.600. The second-order valence-corrected chi connectivity index (χ2v) is 4.96. The number of likely N-dealkylation sites (N-methyl/N-ethyl adjacent to an activating group) is 1. The van der Waals surface area contributed by atoms with Gasteiger partial charge in [0.05, 0.1) is 12.3 Å². The maximum Gasteiger partial charge on any atom is 0.142 e. The van der Waals surface area contributed by atoms with Crippen molar-refractivity contribution in [2.45, 2.75) is 19.8 Å². The Morgan fingerprint density at radius 2 is 1.83 bits per heavy atom. The molecule has 2 rings (SSSR count). The summed E-state index contributed by atoms with van der Waals surface area (Å²) in [5.41, 5.74) is 1.25. The van der Waals surface area contributed by atoms with Crippen molar-refractivity contribution in [3.8, 4) is 5.75 Å². The molecule has 100 valence electrons. The molecule has 0 unspecified atom stereocenters. The van der Waals surface area contributed by atoms with Crippen LogP contribution in [0.5, 0.6) is 5.75 Å². The largest absolute Gasteiger partial charge is 0.491 e. The molecule has 0 bridgehead atoms. The molecule has 0 saturated carbocycles. The van der Waals surface area contributed by atoms with Crippen LogP contribution in [-0.4, -0.2) is 44.7 Å². The van der Waals surface area contributed by atoms with Crippen molar-refractivity contribution in [3.05, 3.63) is 24.3 Å². The van der Waals surface area contributed by atoms with Crippen LogP contribution >= 0.6 is 0 Å². The average Bonchev–Trinajstić information content (AvgIpc) is 2.41. The minimum atomic E-state index is 0.821. The molecule has 1 aromatic carbocycles. The highest BCUT2D eigenvalue weighted by Crippen LogP contribution is 2.28. The zero-order valence-electron chi connectivity index (χ0n) is 11.6. The number of piperazine rings is 1. The van der Waals surface area contributed by atoms with Gasteiger partial charge in [0.15, 0.2) is 0 Å². The normalized spacial score (nSPS) is 16.9. The van der Waals surface area contributed by atoms with Crippen LogP contribution < -0.4 is 9.64 Å². The van der Waals surface area contributed by atoms with Crippen molar-refractivity contribution in [3.63, 3.8) is 0 Å². The smallest absolute Gasteiger partial charge is 0.142 e. The Labute approximate surface area is 110 Å².